The number of pyridine rings is 2. The number of amides is 1. The quantitative estimate of drug-likeness (QED) is 0.376. The van der Waals surface area contributed by atoms with Crippen molar-refractivity contribution in [3.8, 4) is 11.3 Å². The van der Waals surface area contributed by atoms with Crippen LogP contribution in [0.2, 0.25) is 0 Å². The average Bonchev–Trinajstić information content (AvgIpc) is 2.84. The van der Waals surface area contributed by atoms with E-state index in [0.717, 1.165) is 47.6 Å². The van der Waals surface area contributed by atoms with E-state index in [-0.39, 0.29) is 17.6 Å². The molecule has 1 saturated heterocycles. The summed E-state index contributed by atoms with van der Waals surface area (Å²) in [5.41, 5.74) is 5.28. The molecule has 2 aromatic carbocycles. The van der Waals surface area contributed by atoms with Crippen LogP contribution in [0.15, 0.2) is 65.6 Å². The van der Waals surface area contributed by atoms with Crippen LogP contribution in [0, 0.1) is 6.92 Å². The van der Waals surface area contributed by atoms with Gasteiger partial charge >= 0.3 is 0 Å². The van der Waals surface area contributed by atoms with Crippen LogP contribution in [0.1, 0.15) is 19.4 Å². The first-order valence-corrected chi connectivity index (χ1v) is 12.0. The molecule has 8 nitrogen and oxygen atoms in total. The summed E-state index contributed by atoms with van der Waals surface area (Å²) in [4.78, 5) is 34.0. The molecule has 3 heterocycles. The number of anilines is 4. The summed E-state index contributed by atoms with van der Waals surface area (Å²) >= 11 is 0. The number of aromatic nitrogens is 2. The molecule has 2 aromatic heterocycles. The van der Waals surface area contributed by atoms with E-state index in [9.17, 15) is 9.59 Å². The van der Waals surface area contributed by atoms with Gasteiger partial charge < -0.3 is 25.3 Å². The first kappa shape index (κ1) is 23.6. The second-order valence-corrected chi connectivity index (χ2v) is 9.14. The number of aryl methyl sites for hydroxylation is 1. The Kier molecular flexibility index (Phi) is 6.43. The van der Waals surface area contributed by atoms with Gasteiger partial charge in [-0.2, -0.15) is 0 Å². The van der Waals surface area contributed by atoms with Crippen molar-refractivity contribution in [3.05, 3.63) is 76.7 Å². The van der Waals surface area contributed by atoms with E-state index in [1.54, 1.807) is 6.20 Å². The maximum Gasteiger partial charge on any atom is 0.259 e. The highest BCUT2D eigenvalue weighted by Gasteiger charge is 2.19. The SMILES string of the molecule is CC(=O)Nc1ccc(-c2cc3cc[nH]c(=O)c3c(Nc3ccc(N4CCO[C@H](C)C4)c(C)c3)n2)cc1. The molecule has 0 radical (unpaired) electrons. The molecule has 184 valence electrons. The highest BCUT2D eigenvalue weighted by Crippen LogP contribution is 2.31. The maximum absolute atomic E-state index is 12.7. The molecule has 1 aliphatic heterocycles. The summed E-state index contributed by atoms with van der Waals surface area (Å²) in [6.45, 7) is 8.10. The number of aromatic amines is 1. The number of carbonyl (C=O) groups is 1. The van der Waals surface area contributed by atoms with Gasteiger partial charge in [-0.3, -0.25) is 9.59 Å². The predicted octanol–water partition coefficient (Wildman–Crippen LogP) is 4.83. The summed E-state index contributed by atoms with van der Waals surface area (Å²) in [6.07, 6.45) is 1.84. The minimum absolute atomic E-state index is 0.123. The van der Waals surface area contributed by atoms with Crippen molar-refractivity contribution in [2.45, 2.75) is 26.9 Å². The molecule has 36 heavy (non-hydrogen) atoms. The van der Waals surface area contributed by atoms with Gasteiger partial charge in [-0.25, -0.2) is 4.98 Å². The Bertz CT molecular complexity index is 1480. The molecule has 1 aliphatic rings. The number of fused-ring (bicyclic) bond motifs is 1. The van der Waals surface area contributed by atoms with E-state index in [0.29, 0.717) is 16.9 Å². The largest absolute Gasteiger partial charge is 0.375 e. The van der Waals surface area contributed by atoms with Crippen molar-refractivity contribution in [1.29, 1.82) is 0 Å². The Morgan fingerprint density at radius 3 is 2.61 bits per heavy atom. The summed E-state index contributed by atoms with van der Waals surface area (Å²) in [5.74, 6) is 0.365. The number of hydrogen-bond donors (Lipinski definition) is 3. The normalized spacial score (nSPS) is 15.6. The van der Waals surface area contributed by atoms with Gasteiger partial charge in [0.25, 0.3) is 5.56 Å². The predicted molar refractivity (Wildman–Crippen MR) is 144 cm³/mol. The Hall–Kier alpha value is -4.17. The van der Waals surface area contributed by atoms with Crippen LogP contribution in [0.4, 0.5) is 22.9 Å². The third-order valence-electron chi connectivity index (χ3n) is 6.30. The molecule has 5 rings (SSSR count). The molecule has 0 spiro atoms. The topological polar surface area (TPSA) is 99.3 Å². The van der Waals surface area contributed by atoms with Crippen molar-refractivity contribution < 1.29 is 9.53 Å². The third-order valence-corrected chi connectivity index (χ3v) is 6.30. The zero-order chi connectivity index (χ0) is 25.2. The average molecular weight is 484 g/mol. The molecule has 3 N–H and O–H groups in total. The molecule has 1 fully saturated rings. The molecule has 4 aromatic rings. The number of morpholine rings is 1. The van der Waals surface area contributed by atoms with E-state index in [1.165, 1.54) is 12.6 Å². The number of nitrogens with zero attached hydrogens (tertiary/aromatic N) is 2. The summed E-state index contributed by atoms with van der Waals surface area (Å²) < 4.78 is 5.68. The van der Waals surface area contributed by atoms with E-state index >= 15 is 0 Å². The van der Waals surface area contributed by atoms with Gasteiger partial charge in [0.15, 0.2) is 0 Å². The molecule has 0 bridgehead atoms. The number of rotatable bonds is 5. The monoisotopic (exact) mass is 483 g/mol. The van der Waals surface area contributed by atoms with Crippen molar-refractivity contribution in [2.24, 2.45) is 0 Å². The van der Waals surface area contributed by atoms with Crippen LogP contribution in [0.5, 0.6) is 0 Å². The lowest BCUT2D eigenvalue weighted by Crippen LogP contribution is -2.41. The van der Waals surface area contributed by atoms with Crippen LogP contribution >= 0.6 is 0 Å². The van der Waals surface area contributed by atoms with Gasteiger partial charge in [0.05, 0.1) is 23.8 Å². The van der Waals surface area contributed by atoms with Crippen LogP contribution in [-0.2, 0) is 9.53 Å². The molecular weight excluding hydrogens is 454 g/mol. The molecule has 0 aliphatic carbocycles. The summed E-state index contributed by atoms with van der Waals surface area (Å²) in [7, 11) is 0. The standard InChI is InChI=1S/C28H29N5O3/c1-17-14-23(8-9-25(17)33-12-13-36-18(2)16-33)31-27-26-21(10-11-29-28(26)35)15-24(32-27)20-4-6-22(7-5-20)30-19(3)34/h4-11,14-15,18H,12-13,16H2,1-3H3,(H,29,35)(H,30,34)(H,31,32)/t18-/m1/s1. The van der Waals surface area contributed by atoms with Gasteiger partial charge in [0.1, 0.15) is 5.82 Å². The summed E-state index contributed by atoms with van der Waals surface area (Å²) in [6, 6.07) is 17.4. The maximum atomic E-state index is 12.7. The molecule has 1 atom stereocenters. The lowest BCUT2D eigenvalue weighted by atomic mass is 10.1. The molecule has 0 saturated carbocycles. The van der Waals surface area contributed by atoms with E-state index < -0.39 is 0 Å². The Morgan fingerprint density at radius 1 is 1.11 bits per heavy atom. The smallest absolute Gasteiger partial charge is 0.259 e. The highest BCUT2D eigenvalue weighted by atomic mass is 16.5. The number of hydrogen-bond acceptors (Lipinski definition) is 6. The number of H-pyrrole nitrogens is 1. The molecule has 1 amide bonds. The van der Waals surface area contributed by atoms with Gasteiger partial charge in [-0.15, -0.1) is 0 Å². The highest BCUT2D eigenvalue weighted by molar-refractivity contribution is 5.95. The van der Waals surface area contributed by atoms with Crippen LogP contribution in [-0.4, -0.2) is 41.7 Å². The second-order valence-electron chi connectivity index (χ2n) is 9.14. The van der Waals surface area contributed by atoms with Gasteiger partial charge in [-0.1, -0.05) is 12.1 Å². The number of ether oxygens (including phenoxy) is 1. The lowest BCUT2D eigenvalue weighted by molar-refractivity contribution is -0.114. The van der Waals surface area contributed by atoms with Crippen LogP contribution < -0.4 is 21.1 Å². The first-order chi connectivity index (χ1) is 17.4. The zero-order valence-electron chi connectivity index (χ0n) is 20.6. The minimum Gasteiger partial charge on any atom is -0.375 e. The first-order valence-electron chi connectivity index (χ1n) is 12.0. The van der Waals surface area contributed by atoms with Crippen LogP contribution in [0.3, 0.4) is 0 Å². The Morgan fingerprint density at radius 2 is 1.89 bits per heavy atom. The molecule has 8 heteroatoms. The lowest BCUT2D eigenvalue weighted by Gasteiger charge is -2.34. The van der Waals surface area contributed by atoms with Gasteiger partial charge in [-0.05, 0) is 67.3 Å². The van der Waals surface area contributed by atoms with Crippen LogP contribution in [0.25, 0.3) is 22.0 Å². The van der Waals surface area contributed by atoms with Crippen molar-refractivity contribution >= 4 is 39.6 Å². The number of benzene rings is 2. The van der Waals surface area contributed by atoms with Crippen molar-refractivity contribution in [3.63, 3.8) is 0 Å². The number of carbonyl (C=O) groups excluding carboxylic acids is 1. The summed E-state index contributed by atoms with van der Waals surface area (Å²) in [5, 5.41) is 7.44. The fourth-order valence-corrected chi connectivity index (χ4v) is 4.64. The van der Waals surface area contributed by atoms with E-state index in [1.807, 2.05) is 42.5 Å². The Balaban J connectivity index is 1.50. The molecule has 0 unspecified atom stereocenters. The van der Waals surface area contributed by atoms with E-state index in [4.69, 9.17) is 9.72 Å². The van der Waals surface area contributed by atoms with Gasteiger partial charge in [0.2, 0.25) is 5.91 Å². The van der Waals surface area contributed by atoms with Crippen molar-refractivity contribution in [1.82, 2.24) is 9.97 Å². The second kappa shape index (κ2) is 9.83. The molecular formula is C28H29N5O3. The Labute approximate surface area is 209 Å². The van der Waals surface area contributed by atoms with Crippen molar-refractivity contribution in [2.75, 3.05) is 35.2 Å². The number of nitrogens with one attached hydrogen (secondary N) is 3. The third kappa shape index (κ3) is 4.94. The minimum atomic E-state index is -0.203. The fraction of sp³-hybridized carbons (Fsp3) is 0.250. The van der Waals surface area contributed by atoms with E-state index in [2.05, 4.69) is 46.5 Å². The van der Waals surface area contributed by atoms with Gasteiger partial charge in [0, 0.05) is 48.8 Å². The zero-order valence-corrected chi connectivity index (χ0v) is 20.6. The fourth-order valence-electron chi connectivity index (χ4n) is 4.64.